The number of nitrogens with zero attached hydrogens (tertiary/aromatic N) is 3. The van der Waals surface area contributed by atoms with E-state index < -0.39 is 0 Å². The Morgan fingerprint density at radius 1 is 1.08 bits per heavy atom. The number of fused-ring (bicyclic) bond motifs is 1. The minimum Gasteiger partial charge on any atom is -0.508 e. The van der Waals surface area contributed by atoms with Gasteiger partial charge < -0.3 is 5.11 Å². The molecule has 0 saturated carbocycles. The second kappa shape index (κ2) is 5.58. The van der Waals surface area contributed by atoms with Crippen molar-refractivity contribution < 1.29 is 5.11 Å². The highest BCUT2D eigenvalue weighted by atomic mass is 32.1. The van der Waals surface area contributed by atoms with Crippen LogP contribution in [0.1, 0.15) is 5.56 Å². The zero-order chi connectivity index (χ0) is 16.7. The van der Waals surface area contributed by atoms with Gasteiger partial charge >= 0.3 is 5.56 Å². The van der Waals surface area contributed by atoms with Gasteiger partial charge in [0.05, 0.1) is 5.69 Å². The Balaban J connectivity index is 1.95. The Bertz CT molecular complexity index is 1100. The van der Waals surface area contributed by atoms with Crippen molar-refractivity contribution >= 4 is 16.3 Å². The molecule has 118 valence electrons. The number of hydrogen-bond acceptors (Lipinski definition) is 5. The number of hydrogen-bond donors (Lipinski definition) is 1. The van der Waals surface area contributed by atoms with Crippen LogP contribution in [0.2, 0.25) is 0 Å². The van der Waals surface area contributed by atoms with E-state index in [4.69, 9.17) is 0 Å². The molecule has 0 aliphatic rings. The van der Waals surface area contributed by atoms with E-state index >= 15 is 0 Å². The fraction of sp³-hybridized carbons (Fsp3) is 0.0556. The first-order valence-corrected chi connectivity index (χ1v) is 8.25. The van der Waals surface area contributed by atoms with Gasteiger partial charge in [0, 0.05) is 16.5 Å². The van der Waals surface area contributed by atoms with Gasteiger partial charge in [-0.05, 0) is 30.7 Å². The summed E-state index contributed by atoms with van der Waals surface area (Å²) in [5.74, 6) is 0.251. The lowest BCUT2D eigenvalue weighted by Crippen LogP contribution is -2.14. The topological polar surface area (TPSA) is 67.5 Å². The van der Waals surface area contributed by atoms with Gasteiger partial charge in [-0.25, -0.2) is 4.52 Å². The Kier molecular flexibility index (Phi) is 3.39. The van der Waals surface area contributed by atoms with Crippen LogP contribution in [-0.2, 0) is 0 Å². The molecular weight excluding hydrogens is 322 g/mol. The van der Waals surface area contributed by atoms with Crippen molar-refractivity contribution in [2.45, 2.75) is 6.92 Å². The molecule has 2 heterocycles. The first-order chi connectivity index (χ1) is 11.6. The van der Waals surface area contributed by atoms with Crippen LogP contribution in [0.15, 0.2) is 58.7 Å². The molecule has 0 aliphatic carbocycles. The van der Waals surface area contributed by atoms with Gasteiger partial charge in [0.2, 0.25) is 4.96 Å². The van der Waals surface area contributed by atoms with E-state index in [0.717, 1.165) is 22.4 Å². The van der Waals surface area contributed by atoms with Crippen LogP contribution in [0.5, 0.6) is 5.75 Å². The Morgan fingerprint density at radius 2 is 1.88 bits per heavy atom. The number of phenolic OH excluding ortho intramolecular Hbond substituents is 1. The molecule has 0 amide bonds. The third-order valence-electron chi connectivity index (χ3n) is 3.82. The van der Waals surface area contributed by atoms with Crippen LogP contribution in [0.3, 0.4) is 0 Å². The minimum atomic E-state index is -0.337. The molecule has 0 aliphatic heterocycles. The first kappa shape index (κ1) is 14.6. The molecule has 5 nitrogen and oxygen atoms in total. The lowest BCUT2D eigenvalue weighted by molar-refractivity contribution is 0.471. The van der Waals surface area contributed by atoms with Gasteiger partial charge in [0.1, 0.15) is 5.75 Å². The van der Waals surface area contributed by atoms with Crippen molar-refractivity contribution in [1.29, 1.82) is 0 Å². The van der Waals surface area contributed by atoms with Crippen LogP contribution in [-0.4, -0.2) is 19.7 Å². The minimum absolute atomic E-state index is 0.251. The quantitative estimate of drug-likeness (QED) is 0.609. The van der Waals surface area contributed by atoms with E-state index in [1.54, 1.807) is 10.6 Å². The Hall–Kier alpha value is -2.99. The number of rotatable bonds is 2. The maximum Gasteiger partial charge on any atom is 0.300 e. The number of aryl methyl sites for hydroxylation is 1. The van der Waals surface area contributed by atoms with Crippen molar-refractivity contribution in [2.24, 2.45) is 0 Å². The third-order valence-corrected chi connectivity index (χ3v) is 4.64. The molecule has 0 fully saturated rings. The zero-order valence-electron chi connectivity index (χ0n) is 12.8. The monoisotopic (exact) mass is 335 g/mol. The summed E-state index contributed by atoms with van der Waals surface area (Å²) in [6.07, 6.45) is 0. The van der Waals surface area contributed by atoms with Crippen LogP contribution < -0.4 is 5.56 Å². The average Bonchev–Trinajstić information content (AvgIpc) is 3.00. The van der Waals surface area contributed by atoms with Gasteiger partial charge in [-0.3, -0.25) is 4.79 Å². The third kappa shape index (κ3) is 2.37. The molecular formula is C18H13N3O2S. The van der Waals surface area contributed by atoms with Gasteiger partial charge in [-0.1, -0.05) is 30.3 Å². The highest BCUT2D eigenvalue weighted by Crippen LogP contribution is 2.28. The van der Waals surface area contributed by atoms with Crippen molar-refractivity contribution in [3.63, 3.8) is 0 Å². The lowest BCUT2D eigenvalue weighted by Gasteiger charge is -2.05. The summed E-state index contributed by atoms with van der Waals surface area (Å²) in [7, 11) is 0. The molecule has 0 radical (unpaired) electrons. The van der Waals surface area contributed by atoms with Crippen molar-refractivity contribution in [3.05, 3.63) is 69.8 Å². The summed E-state index contributed by atoms with van der Waals surface area (Å²) >= 11 is 1.36. The van der Waals surface area contributed by atoms with Crippen molar-refractivity contribution in [1.82, 2.24) is 14.6 Å². The Morgan fingerprint density at radius 3 is 2.62 bits per heavy atom. The maximum atomic E-state index is 12.3. The molecule has 0 unspecified atom stereocenters. The molecule has 4 rings (SSSR count). The van der Waals surface area contributed by atoms with E-state index in [1.807, 2.05) is 54.8 Å². The molecule has 0 spiro atoms. The fourth-order valence-corrected chi connectivity index (χ4v) is 3.37. The normalized spacial score (nSPS) is 11.0. The molecule has 6 heteroatoms. The molecule has 0 atom stereocenters. The number of benzene rings is 2. The summed E-state index contributed by atoms with van der Waals surface area (Å²) < 4.78 is 1.68. The van der Waals surface area contributed by atoms with Crippen LogP contribution in [0.4, 0.5) is 0 Å². The summed E-state index contributed by atoms with van der Waals surface area (Å²) in [4.78, 5) is 17.0. The van der Waals surface area contributed by atoms with Crippen LogP contribution in [0, 0.1) is 6.92 Å². The van der Waals surface area contributed by atoms with E-state index in [2.05, 4.69) is 10.1 Å². The largest absolute Gasteiger partial charge is 0.508 e. The lowest BCUT2D eigenvalue weighted by atomic mass is 10.1. The second-order valence-electron chi connectivity index (χ2n) is 5.45. The van der Waals surface area contributed by atoms with Gasteiger partial charge in [0.15, 0.2) is 5.69 Å². The predicted octanol–water partition coefficient (Wildman–Crippen LogP) is 3.50. The van der Waals surface area contributed by atoms with E-state index in [1.165, 1.54) is 11.3 Å². The standard InChI is InChI=1S/C18H13N3O2S/c1-11-9-13(7-8-15(11)22)14-10-24-18-19-17(23)16(20-21(14)18)12-5-3-2-4-6-12/h2-10,22H,1H3. The van der Waals surface area contributed by atoms with E-state index in [9.17, 15) is 9.90 Å². The van der Waals surface area contributed by atoms with E-state index in [-0.39, 0.29) is 11.3 Å². The number of thiazole rings is 1. The molecule has 0 saturated heterocycles. The van der Waals surface area contributed by atoms with Crippen LogP contribution in [0.25, 0.3) is 27.5 Å². The summed E-state index contributed by atoms with van der Waals surface area (Å²) in [5.41, 5.74) is 3.25. The first-order valence-electron chi connectivity index (χ1n) is 7.37. The Labute approximate surface area is 141 Å². The number of aromatic hydroxyl groups is 1. The highest BCUT2D eigenvalue weighted by Gasteiger charge is 2.13. The van der Waals surface area contributed by atoms with Crippen molar-refractivity contribution in [3.8, 4) is 28.3 Å². The summed E-state index contributed by atoms with van der Waals surface area (Å²) in [6, 6.07) is 14.7. The molecule has 4 aromatic rings. The number of phenols is 1. The maximum absolute atomic E-state index is 12.3. The van der Waals surface area contributed by atoms with Crippen molar-refractivity contribution in [2.75, 3.05) is 0 Å². The van der Waals surface area contributed by atoms with Gasteiger partial charge in [-0.2, -0.15) is 10.1 Å². The molecule has 0 bridgehead atoms. The fourth-order valence-electron chi connectivity index (χ4n) is 2.55. The summed E-state index contributed by atoms with van der Waals surface area (Å²) in [5, 5.41) is 16.1. The SMILES string of the molecule is Cc1cc(-c2csc3nc(=O)c(-c4ccccc4)nn23)ccc1O. The van der Waals surface area contributed by atoms with Gasteiger partial charge in [0.25, 0.3) is 0 Å². The van der Waals surface area contributed by atoms with Gasteiger partial charge in [-0.15, -0.1) is 11.3 Å². The molecule has 24 heavy (non-hydrogen) atoms. The predicted molar refractivity (Wildman–Crippen MR) is 94.4 cm³/mol. The summed E-state index contributed by atoms with van der Waals surface area (Å²) in [6.45, 7) is 1.84. The second-order valence-corrected chi connectivity index (χ2v) is 6.28. The molecule has 1 N–H and O–H groups in total. The average molecular weight is 335 g/mol. The van der Waals surface area contributed by atoms with Crippen LogP contribution >= 0.6 is 11.3 Å². The van der Waals surface area contributed by atoms with E-state index in [0.29, 0.717) is 10.7 Å². The highest BCUT2D eigenvalue weighted by molar-refractivity contribution is 7.15. The molecule has 2 aromatic heterocycles. The molecule has 2 aromatic carbocycles. The number of aromatic nitrogens is 3. The smallest absolute Gasteiger partial charge is 0.300 e. The zero-order valence-corrected chi connectivity index (χ0v) is 13.6.